The number of thiazole rings is 1. The Hall–Kier alpha value is -3.31. The number of methoxy groups -OCH3 is 1. The summed E-state index contributed by atoms with van der Waals surface area (Å²) in [6.07, 6.45) is -3.26. The molecule has 142 valence electrons. The number of nitrogens with one attached hydrogen (secondary N) is 1. The number of nitriles is 1. The molecule has 4 nitrogen and oxygen atoms in total. The quantitative estimate of drug-likeness (QED) is 0.548. The predicted octanol–water partition coefficient (Wildman–Crippen LogP) is 5.81. The molecule has 3 rings (SSSR count). The average Bonchev–Trinajstić information content (AvgIpc) is 3.18. The highest BCUT2D eigenvalue weighted by Crippen LogP contribution is 2.35. The van der Waals surface area contributed by atoms with E-state index in [1.807, 2.05) is 24.3 Å². The summed E-state index contributed by atoms with van der Waals surface area (Å²) in [5, 5.41) is 14.2. The molecule has 8 heteroatoms. The highest BCUT2D eigenvalue weighted by atomic mass is 32.1. The molecule has 0 unspecified atom stereocenters. The Balaban J connectivity index is 1.87. The minimum absolute atomic E-state index is 0.132. The number of alkyl halides is 3. The zero-order valence-electron chi connectivity index (χ0n) is 14.6. The monoisotopic (exact) mass is 401 g/mol. The zero-order valence-corrected chi connectivity index (χ0v) is 15.4. The van der Waals surface area contributed by atoms with Crippen molar-refractivity contribution in [2.24, 2.45) is 0 Å². The normalized spacial score (nSPS) is 11.8. The largest absolute Gasteiger partial charge is 0.497 e. The number of aromatic nitrogens is 1. The van der Waals surface area contributed by atoms with Crippen LogP contribution in [-0.2, 0) is 6.18 Å². The van der Waals surface area contributed by atoms with Gasteiger partial charge < -0.3 is 10.1 Å². The van der Waals surface area contributed by atoms with Crippen molar-refractivity contribution in [1.29, 1.82) is 5.26 Å². The molecule has 0 aliphatic rings. The molecular weight excluding hydrogens is 387 g/mol. The molecule has 1 N–H and O–H groups in total. The minimum atomic E-state index is -4.50. The van der Waals surface area contributed by atoms with Crippen molar-refractivity contribution in [1.82, 2.24) is 4.98 Å². The molecule has 1 aromatic heterocycles. The Labute approximate surface area is 163 Å². The summed E-state index contributed by atoms with van der Waals surface area (Å²) in [7, 11) is 1.56. The maximum absolute atomic E-state index is 13.1. The van der Waals surface area contributed by atoms with E-state index in [-0.39, 0.29) is 11.3 Å². The Kier molecular flexibility index (Phi) is 5.66. The Morgan fingerprint density at radius 1 is 1.21 bits per heavy atom. The second-order valence-corrected chi connectivity index (χ2v) is 6.49. The van der Waals surface area contributed by atoms with Gasteiger partial charge in [0.2, 0.25) is 0 Å². The van der Waals surface area contributed by atoms with Crippen molar-refractivity contribution in [2.75, 3.05) is 12.4 Å². The number of hydrogen-bond donors (Lipinski definition) is 1. The van der Waals surface area contributed by atoms with E-state index < -0.39 is 11.7 Å². The number of anilines is 1. The lowest BCUT2D eigenvalue weighted by Crippen LogP contribution is -2.08. The van der Waals surface area contributed by atoms with Gasteiger partial charge in [-0.05, 0) is 24.3 Å². The zero-order chi connectivity index (χ0) is 20.1. The number of allylic oxidation sites excluding steroid dienone is 1. The van der Waals surface area contributed by atoms with Crippen LogP contribution in [0, 0.1) is 11.3 Å². The van der Waals surface area contributed by atoms with Gasteiger partial charge in [0, 0.05) is 17.1 Å². The van der Waals surface area contributed by atoms with E-state index in [9.17, 15) is 18.4 Å². The predicted molar refractivity (Wildman–Crippen MR) is 103 cm³/mol. The fourth-order valence-corrected chi connectivity index (χ4v) is 3.25. The molecule has 1 heterocycles. The van der Waals surface area contributed by atoms with Crippen LogP contribution in [0.5, 0.6) is 5.75 Å². The first kappa shape index (κ1) is 19.5. The van der Waals surface area contributed by atoms with Crippen LogP contribution in [0.25, 0.3) is 16.8 Å². The molecular formula is C20H14F3N3OS. The number of para-hydroxylation sites is 1. The van der Waals surface area contributed by atoms with E-state index in [1.54, 1.807) is 18.6 Å². The Morgan fingerprint density at radius 2 is 2.00 bits per heavy atom. The first-order chi connectivity index (χ1) is 13.4. The summed E-state index contributed by atoms with van der Waals surface area (Å²) in [4.78, 5) is 4.42. The summed E-state index contributed by atoms with van der Waals surface area (Å²) in [6, 6.07) is 14.4. The van der Waals surface area contributed by atoms with Gasteiger partial charge in [-0.25, -0.2) is 4.98 Å². The summed E-state index contributed by atoms with van der Waals surface area (Å²) < 4.78 is 44.4. The van der Waals surface area contributed by atoms with Crippen molar-refractivity contribution in [3.63, 3.8) is 0 Å². The van der Waals surface area contributed by atoms with E-state index in [2.05, 4.69) is 10.3 Å². The smallest absolute Gasteiger partial charge is 0.418 e. The molecule has 0 amide bonds. The van der Waals surface area contributed by atoms with Crippen molar-refractivity contribution < 1.29 is 17.9 Å². The average molecular weight is 401 g/mol. The SMILES string of the molecule is COc1cccc(-c2csc(/C(C#N)=C\Nc3ccccc3C(F)(F)F)n2)c1. The van der Waals surface area contributed by atoms with Crippen LogP contribution >= 0.6 is 11.3 Å². The number of hydrogen-bond acceptors (Lipinski definition) is 5. The van der Waals surface area contributed by atoms with Gasteiger partial charge in [-0.15, -0.1) is 11.3 Å². The van der Waals surface area contributed by atoms with Crippen LogP contribution in [0.15, 0.2) is 60.1 Å². The van der Waals surface area contributed by atoms with Crippen molar-refractivity contribution in [2.45, 2.75) is 6.18 Å². The number of halogens is 3. The van der Waals surface area contributed by atoms with Gasteiger partial charge in [0.25, 0.3) is 0 Å². The van der Waals surface area contributed by atoms with Crippen LogP contribution < -0.4 is 10.1 Å². The fraction of sp³-hybridized carbons (Fsp3) is 0.100. The molecule has 0 fully saturated rings. The lowest BCUT2D eigenvalue weighted by Gasteiger charge is -2.12. The topological polar surface area (TPSA) is 57.9 Å². The van der Waals surface area contributed by atoms with Crippen molar-refractivity contribution in [3.8, 4) is 23.1 Å². The van der Waals surface area contributed by atoms with Crippen molar-refractivity contribution >= 4 is 22.6 Å². The lowest BCUT2D eigenvalue weighted by molar-refractivity contribution is -0.136. The second kappa shape index (κ2) is 8.15. The molecule has 0 saturated heterocycles. The number of benzene rings is 2. The molecule has 0 aliphatic heterocycles. The molecule has 0 bridgehead atoms. The molecule has 0 aliphatic carbocycles. The van der Waals surface area contributed by atoms with Crippen LogP contribution in [0.2, 0.25) is 0 Å². The Bertz CT molecular complexity index is 1050. The molecule has 0 spiro atoms. The number of rotatable bonds is 5. The van der Waals surface area contributed by atoms with Crippen LogP contribution in [0.4, 0.5) is 18.9 Å². The van der Waals surface area contributed by atoms with E-state index in [0.29, 0.717) is 16.5 Å². The maximum atomic E-state index is 13.1. The first-order valence-corrected chi connectivity index (χ1v) is 8.93. The second-order valence-electron chi connectivity index (χ2n) is 5.63. The summed E-state index contributed by atoms with van der Waals surface area (Å²) in [5.41, 5.74) is 0.661. The third-order valence-electron chi connectivity index (χ3n) is 3.83. The molecule has 0 atom stereocenters. The highest BCUT2D eigenvalue weighted by molar-refractivity contribution is 7.11. The molecule has 3 aromatic rings. The number of nitrogens with zero attached hydrogens (tertiary/aromatic N) is 2. The third-order valence-corrected chi connectivity index (χ3v) is 4.70. The van der Waals surface area contributed by atoms with Gasteiger partial charge in [0.15, 0.2) is 0 Å². The molecule has 0 saturated carbocycles. The fourth-order valence-electron chi connectivity index (χ4n) is 2.46. The summed E-state index contributed by atoms with van der Waals surface area (Å²) in [5.74, 6) is 0.675. The highest BCUT2D eigenvalue weighted by Gasteiger charge is 2.33. The molecule has 2 aromatic carbocycles. The number of ether oxygens (including phenoxy) is 1. The van der Waals surface area contributed by atoms with Crippen molar-refractivity contribution in [3.05, 3.63) is 70.7 Å². The maximum Gasteiger partial charge on any atom is 0.418 e. The van der Waals surface area contributed by atoms with E-state index in [4.69, 9.17) is 4.74 Å². The van der Waals surface area contributed by atoms with Gasteiger partial charge in [-0.3, -0.25) is 0 Å². The summed E-state index contributed by atoms with van der Waals surface area (Å²) >= 11 is 1.23. The van der Waals surface area contributed by atoms with Gasteiger partial charge in [0.1, 0.15) is 22.4 Å². The van der Waals surface area contributed by atoms with E-state index in [1.165, 1.54) is 35.7 Å². The van der Waals surface area contributed by atoms with Gasteiger partial charge in [0.05, 0.1) is 24.1 Å². The van der Waals surface area contributed by atoms with Crippen LogP contribution in [0.3, 0.4) is 0 Å². The van der Waals surface area contributed by atoms with E-state index in [0.717, 1.165) is 11.6 Å². The van der Waals surface area contributed by atoms with Gasteiger partial charge in [-0.2, -0.15) is 18.4 Å². The van der Waals surface area contributed by atoms with Gasteiger partial charge in [-0.1, -0.05) is 24.3 Å². The lowest BCUT2D eigenvalue weighted by atomic mass is 10.1. The Morgan fingerprint density at radius 3 is 2.71 bits per heavy atom. The summed E-state index contributed by atoms with van der Waals surface area (Å²) in [6.45, 7) is 0. The third kappa shape index (κ3) is 4.32. The van der Waals surface area contributed by atoms with E-state index >= 15 is 0 Å². The van der Waals surface area contributed by atoms with Gasteiger partial charge >= 0.3 is 6.18 Å². The molecule has 28 heavy (non-hydrogen) atoms. The minimum Gasteiger partial charge on any atom is -0.497 e. The standard InChI is InChI=1S/C20H14F3N3OS/c1-27-15-6-4-5-13(9-15)18-12-28-19(26-18)14(10-24)11-25-17-8-3-2-7-16(17)20(21,22)23/h2-9,11-12,25H,1H3/b14-11-. The van der Waals surface area contributed by atoms with Crippen LogP contribution in [-0.4, -0.2) is 12.1 Å². The first-order valence-electron chi connectivity index (χ1n) is 8.05. The van der Waals surface area contributed by atoms with Crippen LogP contribution in [0.1, 0.15) is 10.6 Å². The molecule has 0 radical (unpaired) electrons.